The number of ether oxygens (including phenoxy) is 1. The molecule has 1 unspecified atom stereocenters. The molecule has 0 spiro atoms. The molecule has 1 saturated heterocycles. The van der Waals surface area contributed by atoms with Crippen molar-refractivity contribution in [1.82, 2.24) is 15.2 Å². The van der Waals surface area contributed by atoms with E-state index in [-0.39, 0.29) is 6.03 Å². The largest absolute Gasteiger partial charge is 0.481 e. The highest BCUT2D eigenvalue weighted by Crippen LogP contribution is 2.14. The highest BCUT2D eigenvalue weighted by Gasteiger charge is 2.20. The number of hydrogen-bond donors (Lipinski definition) is 2. The lowest BCUT2D eigenvalue weighted by Crippen LogP contribution is -2.43. The molecule has 2 amide bonds. The molecule has 6 heteroatoms. The number of amides is 2. The van der Waals surface area contributed by atoms with E-state index in [0.29, 0.717) is 24.2 Å². The summed E-state index contributed by atoms with van der Waals surface area (Å²) in [6, 6.07) is 3.71. The van der Waals surface area contributed by atoms with E-state index >= 15 is 0 Å². The molecule has 0 bridgehead atoms. The van der Waals surface area contributed by atoms with E-state index in [0.717, 1.165) is 19.5 Å². The van der Waals surface area contributed by atoms with E-state index in [1.54, 1.807) is 25.4 Å². The topological polar surface area (TPSA) is 66.5 Å². The monoisotopic (exact) mass is 292 g/mol. The first-order chi connectivity index (χ1) is 10.2. The van der Waals surface area contributed by atoms with Crippen LogP contribution in [0, 0.1) is 0 Å². The molecule has 1 aliphatic rings. The standard InChI is InChI=1S/C15H24N4O2/c1-3-13(19-8-4-5-9-19)11-17-15(20)18-12-6-7-14(21-2)16-10-12/h6-7,10,13H,3-5,8-9,11H2,1-2H3,(H2,17,18,20). The van der Waals surface area contributed by atoms with Gasteiger partial charge < -0.3 is 15.4 Å². The van der Waals surface area contributed by atoms with Gasteiger partial charge in [0, 0.05) is 18.7 Å². The summed E-state index contributed by atoms with van der Waals surface area (Å²) in [6.45, 7) is 5.12. The van der Waals surface area contributed by atoms with Gasteiger partial charge in [0.05, 0.1) is 19.0 Å². The second kappa shape index (κ2) is 7.83. The molecule has 0 radical (unpaired) electrons. The van der Waals surface area contributed by atoms with Gasteiger partial charge in [-0.05, 0) is 38.4 Å². The maximum atomic E-state index is 11.9. The molecule has 1 aromatic rings. The van der Waals surface area contributed by atoms with Gasteiger partial charge >= 0.3 is 6.03 Å². The molecule has 1 aliphatic heterocycles. The molecule has 0 aromatic carbocycles. The summed E-state index contributed by atoms with van der Waals surface area (Å²) in [5.74, 6) is 0.529. The molecule has 1 atom stereocenters. The minimum Gasteiger partial charge on any atom is -0.481 e. The second-order valence-electron chi connectivity index (χ2n) is 5.23. The lowest BCUT2D eigenvalue weighted by Gasteiger charge is -2.26. The van der Waals surface area contributed by atoms with Crippen molar-refractivity contribution in [3.8, 4) is 5.88 Å². The van der Waals surface area contributed by atoms with Crippen LogP contribution in [-0.2, 0) is 0 Å². The van der Waals surface area contributed by atoms with Crippen LogP contribution in [0.3, 0.4) is 0 Å². The van der Waals surface area contributed by atoms with Gasteiger partial charge in [-0.3, -0.25) is 4.90 Å². The normalized spacial score (nSPS) is 16.5. The van der Waals surface area contributed by atoms with Crippen molar-refractivity contribution < 1.29 is 9.53 Å². The van der Waals surface area contributed by atoms with Gasteiger partial charge in [-0.25, -0.2) is 9.78 Å². The van der Waals surface area contributed by atoms with E-state index < -0.39 is 0 Å². The number of nitrogens with one attached hydrogen (secondary N) is 2. The number of methoxy groups -OCH3 is 1. The highest BCUT2D eigenvalue weighted by atomic mass is 16.5. The Morgan fingerprint density at radius 1 is 1.43 bits per heavy atom. The predicted molar refractivity (Wildman–Crippen MR) is 82.7 cm³/mol. The third-order valence-corrected chi connectivity index (χ3v) is 3.83. The second-order valence-corrected chi connectivity index (χ2v) is 5.23. The Morgan fingerprint density at radius 3 is 2.76 bits per heavy atom. The number of carbonyl (C=O) groups is 1. The zero-order valence-electron chi connectivity index (χ0n) is 12.8. The Hall–Kier alpha value is -1.82. The Labute approximate surface area is 125 Å². The predicted octanol–water partition coefficient (Wildman–Crippen LogP) is 2.09. The summed E-state index contributed by atoms with van der Waals surface area (Å²) in [5.41, 5.74) is 0.655. The molecule has 116 valence electrons. The number of urea groups is 1. The van der Waals surface area contributed by atoms with Crippen LogP contribution in [0.5, 0.6) is 5.88 Å². The lowest BCUT2D eigenvalue weighted by molar-refractivity contribution is 0.222. The molecule has 1 aromatic heterocycles. The van der Waals surface area contributed by atoms with Crippen LogP contribution in [0.4, 0.5) is 10.5 Å². The summed E-state index contributed by atoms with van der Waals surface area (Å²) in [7, 11) is 1.56. The first-order valence-electron chi connectivity index (χ1n) is 7.52. The van der Waals surface area contributed by atoms with Crippen LogP contribution >= 0.6 is 0 Å². The third kappa shape index (κ3) is 4.60. The SMILES string of the molecule is CCC(CNC(=O)Nc1ccc(OC)nc1)N1CCCC1. The summed E-state index contributed by atoms with van der Waals surface area (Å²) in [5, 5.41) is 5.71. The zero-order chi connectivity index (χ0) is 15.1. The molecule has 0 saturated carbocycles. The summed E-state index contributed by atoms with van der Waals surface area (Å²) >= 11 is 0. The van der Waals surface area contributed by atoms with Crippen LogP contribution in [0.25, 0.3) is 0 Å². The number of pyridine rings is 1. The van der Waals surface area contributed by atoms with Gasteiger partial charge in [-0.15, -0.1) is 0 Å². The van der Waals surface area contributed by atoms with Crippen molar-refractivity contribution in [3.05, 3.63) is 18.3 Å². The number of nitrogens with zero attached hydrogens (tertiary/aromatic N) is 2. The van der Waals surface area contributed by atoms with Gasteiger partial charge in [0.15, 0.2) is 0 Å². The molecule has 1 fully saturated rings. The minimum atomic E-state index is -0.195. The van der Waals surface area contributed by atoms with Gasteiger partial charge in [-0.2, -0.15) is 0 Å². The summed E-state index contributed by atoms with van der Waals surface area (Å²) in [6.07, 6.45) is 5.15. The van der Waals surface area contributed by atoms with Crippen molar-refractivity contribution in [2.75, 3.05) is 32.1 Å². The van der Waals surface area contributed by atoms with Crippen LogP contribution < -0.4 is 15.4 Å². The van der Waals surface area contributed by atoms with E-state index in [1.807, 2.05) is 0 Å². The summed E-state index contributed by atoms with van der Waals surface area (Å²) < 4.78 is 4.98. The fourth-order valence-electron chi connectivity index (χ4n) is 2.60. The number of likely N-dealkylation sites (tertiary alicyclic amines) is 1. The van der Waals surface area contributed by atoms with Crippen molar-refractivity contribution in [2.45, 2.75) is 32.2 Å². The minimum absolute atomic E-state index is 0.195. The number of carbonyl (C=O) groups excluding carboxylic acids is 1. The summed E-state index contributed by atoms with van der Waals surface area (Å²) in [4.78, 5) is 18.4. The number of anilines is 1. The molecule has 2 heterocycles. The van der Waals surface area contributed by atoms with Gasteiger partial charge in [0.2, 0.25) is 5.88 Å². The molecule has 21 heavy (non-hydrogen) atoms. The lowest BCUT2D eigenvalue weighted by atomic mass is 10.2. The molecule has 2 N–H and O–H groups in total. The third-order valence-electron chi connectivity index (χ3n) is 3.83. The van der Waals surface area contributed by atoms with Crippen molar-refractivity contribution in [2.24, 2.45) is 0 Å². The van der Waals surface area contributed by atoms with Crippen molar-refractivity contribution >= 4 is 11.7 Å². The Balaban J connectivity index is 1.77. The van der Waals surface area contributed by atoms with Crippen molar-refractivity contribution in [1.29, 1.82) is 0 Å². The maximum Gasteiger partial charge on any atom is 0.319 e. The molecule has 0 aliphatic carbocycles. The zero-order valence-corrected chi connectivity index (χ0v) is 12.8. The Kier molecular flexibility index (Phi) is 5.80. The van der Waals surface area contributed by atoms with Crippen molar-refractivity contribution in [3.63, 3.8) is 0 Å². The van der Waals surface area contributed by atoms with E-state index in [4.69, 9.17) is 4.74 Å². The van der Waals surface area contributed by atoms with E-state index in [2.05, 4.69) is 27.4 Å². The molecular weight excluding hydrogens is 268 g/mol. The fourth-order valence-corrected chi connectivity index (χ4v) is 2.60. The van der Waals surface area contributed by atoms with E-state index in [1.165, 1.54) is 12.8 Å². The van der Waals surface area contributed by atoms with E-state index in [9.17, 15) is 4.79 Å². The highest BCUT2D eigenvalue weighted by molar-refractivity contribution is 5.89. The number of hydrogen-bond acceptors (Lipinski definition) is 4. The molecule has 2 rings (SSSR count). The maximum absolute atomic E-state index is 11.9. The van der Waals surface area contributed by atoms with Gasteiger partial charge in [0.25, 0.3) is 0 Å². The average molecular weight is 292 g/mol. The van der Waals surface area contributed by atoms with Crippen LogP contribution in [0.15, 0.2) is 18.3 Å². The first kappa shape index (κ1) is 15.6. The average Bonchev–Trinajstić information content (AvgIpc) is 3.03. The number of aromatic nitrogens is 1. The van der Waals surface area contributed by atoms with Gasteiger partial charge in [-0.1, -0.05) is 6.92 Å². The fraction of sp³-hybridized carbons (Fsp3) is 0.600. The Morgan fingerprint density at radius 2 is 2.19 bits per heavy atom. The smallest absolute Gasteiger partial charge is 0.319 e. The van der Waals surface area contributed by atoms with Crippen LogP contribution in [0.1, 0.15) is 26.2 Å². The van der Waals surface area contributed by atoms with Crippen LogP contribution in [0.2, 0.25) is 0 Å². The van der Waals surface area contributed by atoms with Crippen LogP contribution in [-0.4, -0.2) is 48.7 Å². The van der Waals surface area contributed by atoms with Gasteiger partial charge in [0.1, 0.15) is 0 Å². The Bertz CT molecular complexity index is 443. The first-order valence-corrected chi connectivity index (χ1v) is 7.52. The molecule has 6 nitrogen and oxygen atoms in total. The number of rotatable bonds is 6. The quantitative estimate of drug-likeness (QED) is 0.842. The molecular formula is C15H24N4O2.